The van der Waals surface area contributed by atoms with Crippen LogP contribution >= 0.6 is 0 Å². The summed E-state index contributed by atoms with van der Waals surface area (Å²) in [6, 6.07) is 4.39. The van der Waals surface area contributed by atoms with E-state index < -0.39 is 5.60 Å². The summed E-state index contributed by atoms with van der Waals surface area (Å²) in [6.45, 7) is 9.89. The molecule has 0 saturated carbocycles. The van der Waals surface area contributed by atoms with Gasteiger partial charge in [0.1, 0.15) is 11.4 Å². The minimum Gasteiger partial charge on any atom is -0.386 e. The molecule has 2 aromatic rings. The maximum absolute atomic E-state index is 10.5. The summed E-state index contributed by atoms with van der Waals surface area (Å²) < 4.78 is 7.20. The molecule has 4 heterocycles. The van der Waals surface area contributed by atoms with Gasteiger partial charge in [-0.15, -0.1) is 15.3 Å². The van der Waals surface area contributed by atoms with Crippen molar-refractivity contribution in [2.24, 2.45) is 0 Å². The molecule has 2 saturated heterocycles. The molecule has 1 N–H and O–H groups in total. The molecule has 0 bridgehead atoms. The SMILES string of the molecule is CN(CC1(O)CCOC1)C1CN(c2ccc3nnc(C(C)(C)C)n3n2)C1. The maximum Gasteiger partial charge on any atom is 0.178 e. The Morgan fingerprint density at radius 1 is 1.31 bits per heavy atom. The van der Waals surface area contributed by atoms with Crippen molar-refractivity contribution in [3.8, 4) is 0 Å². The summed E-state index contributed by atoms with van der Waals surface area (Å²) in [5.74, 6) is 1.81. The standard InChI is InChI=1S/C18H28N6O2/c1-17(2,3)16-20-19-14-5-6-15(21-24(14)16)23-9-13(10-23)22(4)11-18(25)7-8-26-12-18/h5-6,13,25H,7-12H2,1-4H3. The van der Waals surface area contributed by atoms with Gasteiger partial charge in [-0.1, -0.05) is 20.8 Å². The highest BCUT2D eigenvalue weighted by molar-refractivity contribution is 5.48. The van der Waals surface area contributed by atoms with Crippen LogP contribution in [0.3, 0.4) is 0 Å². The topological polar surface area (TPSA) is 79.0 Å². The molecule has 2 aliphatic heterocycles. The molecule has 2 aromatic heterocycles. The lowest BCUT2D eigenvalue weighted by Gasteiger charge is -2.46. The molecule has 26 heavy (non-hydrogen) atoms. The highest BCUT2D eigenvalue weighted by Gasteiger charge is 2.38. The Morgan fingerprint density at radius 3 is 2.73 bits per heavy atom. The number of likely N-dealkylation sites (N-methyl/N-ethyl adjacent to an activating group) is 1. The predicted molar refractivity (Wildman–Crippen MR) is 98.5 cm³/mol. The molecular weight excluding hydrogens is 332 g/mol. The molecule has 0 amide bonds. The molecule has 4 rings (SSSR count). The van der Waals surface area contributed by atoms with E-state index in [2.05, 4.69) is 47.8 Å². The molecule has 142 valence electrons. The van der Waals surface area contributed by atoms with Crippen LogP contribution in [0.4, 0.5) is 5.82 Å². The first-order chi connectivity index (χ1) is 12.3. The summed E-state index contributed by atoms with van der Waals surface area (Å²) in [4.78, 5) is 4.49. The molecule has 2 aliphatic rings. The number of rotatable bonds is 4. The van der Waals surface area contributed by atoms with Crippen molar-refractivity contribution in [2.45, 2.75) is 44.2 Å². The summed E-state index contributed by atoms with van der Waals surface area (Å²) in [6.07, 6.45) is 0.717. The zero-order chi connectivity index (χ0) is 18.5. The first-order valence-corrected chi connectivity index (χ1v) is 9.23. The van der Waals surface area contributed by atoms with Crippen molar-refractivity contribution in [3.05, 3.63) is 18.0 Å². The van der Waals surface area contributed by atoms with Gasteiger partial charge in [-0.05, 0) is 19.2 Å². The van der Waals surface area contributed by atoms with E-state index in [0.717, 1.165) is 36.8 Å². The van der Waals surface area contributed by atoms with Gasteiger partial charge in [0, 0.05) is 44.1 Å². The van der Waals surface area contributed by atoms with Crippen LogP contribution in [-0.2, 0) is 10.2 Å². The molecule has 8 nitrogen and oxygen atoms in total. The van der Waals surface area contributed by atoms with Crippen LogP contribution in [0.25, 0.3) is 5.65 Å². The number of aromatic nitrogens is 4. The van der Waals surface area contributed by atoms with Gasteiger partial charge in [0.25, 0.3) is 0 Å². The van der Waals surface area contributed by atoms with Gasteiger partial charge in [0.05, 0.1) is 6.61 Å². The third-order valence-electron chi connectivity index (χ3n) is 5.36. The second-order valence-corrected chi connectivity index (χ2v) is 8.74. The molecule has 1 atom stereocenters. The number of hydrogen-bond acceptors (Lipinski definition) is 7. The molecular formula is C18H28N6O2. The van der Waals surface area contributed by atoms with Crippen molar-refractivity contribution in [2.75, 3.05) is 44.8 Å². The second kappa shape index (κ2) is 6.14. The molecule has 1 unspecified atom stereocenters. The zero-order valence-electron chi connectivity index (χ0n) is 16.0. The van der Waals surface area contributed by atoms with Crippen molar-refractivity contribution >= 4 is 11.5 Å². The fourth-order valence-electron chi connectivity index (χ4n) is 3.65. The van der Waals surface area contributed by atoms with Crippen LogP contribution < -0.4 is 4.90 Å². The summed E-state index contributed by atoms with van der Waals surface area (Å²) in [5.41, 5.74) is -0.0332. The van der Waals surface area contributed by atoms with Gasteiger partial charge in [0.15, 0.2) is 11.5 Å². The largest absolute Gasteiger partial charge is 0.386 e. The smallest absolute Gasteiger partial charge is 0.178 e. The van der Waals surface area contributed by atoms with E-state index >= 15 is 0 Å². The zero-order valence-corrected chi connectivity index (χ0v) is 16.0. The van der Waals surface area contributed by atoms with Gasteiger partial charge < -0.3 is 14.7 Å². The van der Waals surface area contributed by atoms with Gasteiger partial charge >= 0.3 is 0 Å². The Balaban J connectivity index is 1.43. The number of ether oxygens (including phenoxy) is 1. The number of fused-ring (bicyclic) bond motifs is 1. The lowest BCUT2D eigenvalue weighted by molar-refractivity contribution is -0.0106. The second-order valence-electron chi connectivity index (χ2n) is 8.74. The van der Waals surface area contributed by atoms with Gasteiger partial charge in [-0.2, -0.15) is 4.52 Å². The highest BCUT2D eigenvalue weighted by Crippen LogP contribution is 2.26. The van der Waals surface area contributed by atoms with Gasteiger partial charge in [0.2, 0.25) is 0 Å². The summed E-state index contributed by atoms with van der Waals surface area (Å²) in [7, 11) is 2.08. The minimum absolute atomic E-state index is 0.110. The van der Waals surface area contributed by atoms with Crippen LogP contribution in [0.15, 0.2) is 12.1 Å². The van der Waals surface area contributed by atoms with Crippen LogP contribution in [-0.4, -0.2) is 81.4 Å². The molecule has 0 spiro atoms. The monoisotopic (exact) mass is 360 g/mol. The van der Waals surface area contributed by atoms with E-state index in [9.17, 15) is 5.11 Å². The first-order valence-electron chi connectivity index (χ1n) is 9.23. The lowest BCUT2D eigenvalue weighted by atomic mass is 9.96. The van der Waals surface area contributed by atoms with Crippen molar-refractivity contribution in [3.63, 3.8) is 0 Å². The van der Waals surface area contributed by atoms with Crippen molar-refractivity contribution in [1.82, 2.24) is 24.7 Å². The van der Waals surface area contributed by atoms with E-state index in [1.165, 1.54) is 0 Å². The van der Waals surface area contributed by atoms with Gasteiger partial charge in [-0.25, -0.2) is 0 Å². The van der Waals surface area contributed by atoms with Gasteiger partial charge in [-0.3, -0.25) is 4.90 Å². The van der Waals surface area contributed by atoms with E-state index in [1.54, 1.807) is 0 Å². The van der Waals surface area contributed by atoms with E-state index in [4.69, 9.17) is 9.84 Å². The van der Waals surface area contributed by atoms with Crippen molar-refractivity contribution in [1.29, 1.82) is 0 Å². The average molecular weight is 360 g/mol. The average Bonchev–Trinajstić information content (AvgIpc) is 3.11. The predicted octanol–water partition coefficient (Wildman–Crippen LogP) is 0.694. The number of aliphatic hydroxyl groups is 1. The first kappa shape index (κ1) is 17.6. The Labute approximate surface area is 153 Å². The number of anilines is 1. The summed E-state index contributed by atoms with van der Waals surface area (Å²) >= 11 is 0. The van der Waals surface area contributed by atoms with E-state index in [0.29, 0.717) is 25.8 Å². The minimum atomic E-state index is -0.698. The van der Waals surface area contributed by atoms with Crippen LogP contribution in [0.5, 0.6) is 0 Å². The Bertz CT molecular complexity index is 787. The molecule has 2 fully saturated rings. The third-order valence-corrected chi connectivity index (χ3v) is 5.36. The van der Waals surface area contributed by atoms with E-state index in [-0.39, 0.29) is 5.41 Å². The lowest BCUT2D eigenvalue weighted by Crippen LogP contribution is -2.61. The molecule has 0 aliphatic carbocycles. The Kier molecular flexibility index (Phi) is 4.17. The van der Waals surface area contributed by atoms with Crippen molar-refractivity contribution < 1.29 is 9.84 Å². The number of nitrogens with zero attached hydrogens (tertiary/aromatic N) is 6. The van der Waals surface area contributed by atoms with Crippen LogP contribution in [0, 0.1) is 0 Å². The third kappa shape index (κ3) is 3.17. The Hall–Kier alpha value is -1.77. The Morgan fingerprint density at radius 2 is 2.08 bits per heavy atom. The molecule has 0 aromatic carbocycles. The molecule has 0 radical (unpaired) electrons. The summed E-state index contributed by atoms with van der Waals surface area (Å²) in [5, 5.41) is 23.8. The molecule has 8 heteroatoms. The highest BCUT2D eigenvalue weighted by atomic mass is 16.5. The fourth-order valence-corrected chi connectivity index (χ4v) is 3.65. The quantitative estimate of drug-likeness (QED) is 0.859. The number of hydrogen-bond donors (Lipinski definition) is 1. The van der Waals surface area contributed by atoms with Crippen LogP contribution in [0.2, 0.25) is 0 Å². The van der Waals surface area contributed by atoms with E-state index in [1.807, 2.05) is 16.6 Å². The fraction of sp³-hybridized carbons (Fsp3) is 0.722. The normalized spacial score (nSPS) is 24.6. The maximum atomic E-state index is 10.5. The van der Waals surface area contributed by atoms with Crippen LogP contribution in [0.1, 0.15) is 33.0 Å².